The molecule has 0 saturated carbocycles. The normalized spacial score (nSPS) is 10.8. The van der Waals surface area contributed by atoms with Crippen molar-refractivity contribution in [1.82, 2.24) is 4.57 Å². The predicted octanol–water partition coefficient (Wildman–Crippen LogP) is 2.63. The van der Waals surface area contributed by atoms with Crippen LogP contribution in [0, 0.1) is 0 Å². The Kier molecular flexibility index (Phi) is 4.04. The minimum atomic E-state index is -0.497. The number of oxazole rings is 1. The second-order valence-electron chi connectivity index (χ2n) is 5.38. The molecule has 6 nitrogen and oxygen atoms in total. The fourth-order valence-electron chi connectivity index (χ4n) is 2.48. The van der Waals surface area contributed by atoms with Crippen LogP contribution in [0.4, 0.5) is 0 Å². The summed E-state index contributed by atoms with van der Waals surface area (Å²) < 4.78 is 11.4. The van der Waals surface area contributed by atoms with Gasteiger partial charge in [0.2, 0.25) is 0 Å². The first-order valence-corrected chi connectivity index (χ1v) is 7.31. The van der Waals surface area contributed by atoms with Gasteiger partial charge in [-0.2, -0.15) is 0 Å². The van der Waals surface area contributed by atoms with E-state index in [9.17, 15) is 14.4 Å². The molecular formula is C18H15NO5. The Bertz CT molecular complexity index is 979. The molecule has 122 valence electrons. The molecule has 0 unspecified atom stereocenters. The molecule has 0 N–H and O–H groups in total. The fourth-order valence-corrected chi connectivity index (χ4v) is 2.48. The van der Waals surface area contributed by atoms with E-state index in [-0.39, 0.29) is 5.78 Å². The molecule has 0 radical (unpaired) electrons. The topological polar surface area (TPSA) is 78.5 Å². The maximum absolute atomic E-state index is 12.1. The Hall–Kier alpha value is -3.15. The number of ketones is 1. The van der Waals surface area contributed by atoms with Gasteiger partial charge in [0.15, 0.2) is 11.4 Å². The van der Waals surface area contributed by atoms with Crippen LogP contribution in [-0.4, -0.2) is 23.4 Å². The number of methoxy groups -OCH3 is 1. The van der Waals surface area contributed by atoms with E-state index in [0.717, 1.165) is 5.56 Å². The lowest BCUT2D eigenvalue weighted by Crippen LogP contribution is -2.15. The van der Waals surface area contributed by atoms with Crippen molar-refractivity contribution >= 4 is 22.9 Å². The molecular weight excluding hydrogens is 310 g/mol. The molecule has 0 fully saturated rings. The summed E-state index contributed by atoms with van der Waals surface area (Å²) in [6.45, 7) is 1.76. The number of carbonyl (C=O) groups excluding carboxylic acids is 2. The van der Waals surface area contributed by atoms with E-state index in [1.54, 1.807) is 42.5 Å². The Balaban J connectivity index is 1.95. The highest BCUT2D eigenvalue weighted by Crippen LogP contribution is 2.17. The summed E-state index contributed by atoms with van der Waals surface area (Å²) in [5.74, 6) is -1.00. The summed E-state index contributed by atoms with van der Waals surface area (Å²) in [6.07, 6.45) is 0. The van der Waals surface area contributed by atoms with Gasteiger partial charge in [-0.15, -0.1) is 0 Å². The molecule has 3 rings (SSSR count). The van der Waals surface area contributed by atoms with Gasteiger partial charge < -0.3 is 9.15 Å². The van der Waals surface area contributed by atoms with Crippen molar-refractivity contribution < 1.29 is 18.7 Å². The van der Waals surface area contributed by atoms with Crippen LogP contribution in [0.1, 0.15) is 33.2 Å². The highest BCUT2D eigenvalue weighted by atomic mass is 16.5. The van der Waals surface area contributed by atoms with E-state index in [2.05, 4.69) is 4.74 Å². The van der Waals surface area contributed by atoms with Crippen molar-refractivity contribution in [2.75, 3.05) is 7.11 Å². The van der Waals surface area contributed by atoms with Crippen LogP contribution in [0.3, 0.4) is 0 Å². The van der Waals surface area contributed by atoms with Gasteiger partial charge in [-0.05, 0) is 42.8 Å². The Morgan fingerprint density at radius 3 is 2.38 bits per heavy atom. The molecule has 0 bridgehead atoms. The van der Waals surface area contributed by atoms with Gasteiger partial charge in [0.25, 0.3) is 0 Å². The lowest BCUT2D eigenvalue weighted by Gasteiger charge is -2.04. The van der Waals surface area contributed by atoms with Gasteiger partial charge in [-0.25, -0.2) is 9.59 Å². The maximum atomic E-state index is 12.1. The van der Waals surface area contributed by atoms with Crippen LogP contribution in [0.15, 0.2) is 51.7 Å². The maximum Gasteiger partial charge on any atom is 0.420 e. The Morgan fingerprint density at radius 2 is 1.75 bits per heavy atom. The highest BCUT2D eigenvalue weighted by molar-refractivity contribution is 5.96. The van der Waals surface area contributed by atoms with Crippen molar-refractivity contribution in [1.29, 1.82) is 0 Å². The largest absolute Gasteiger partial charge is 0.465 e. The van der Waals surface area contributed by atoms with Crippen molar-refractivity contribution in [2.24, 2.45) is 0 Å². The van der Waals surface area contributed by atoms with E-state index in [1.807, 2.05) is 0 Å². The van der Waals surface area contributed by atoms with Crippen LogP contribution in [0.2, 0.25) is 0 Å². The van der Waals surface area contributed by atoms with Gasteiger partial charge in [0.1, 0.15) is 0 Å². The molecule has 1 aromatic heterocycles. The van der Waals surface area contributed by atoms with Gasteiger partial charge in [0, 0.05) is 5.56 Å². The lowest BCUT2D eigenvalue weighted by atomic mass is 10.1. The molecule has 0 aliphatic carbocycles. The first-order valence-electron chi connectivity index (χ1n) is 7.31. The second-order valence-corrected chi connectivity index (χ2v) is 5.38. The van der Waals surface area contributed by atoms with Crippen LogP contribution >= 0.6 is 0 Å². The number of Topliss-reactive ketones (excluding diaryl/α,β-unsaturated/α-hetero) is 1. The summed E-state index contributed by atoms with van der Waals surface area (Å²) in [5, 5.41) is 0. The number of rotatable bonds is 4. The monoisotopic (exact) mass is 325 g/mol. The minimum absolute atomic E-state index is 0.0919. The first kappa shape index (κ1) is 15.7. The van der Waals surface area contributed by atoms with Crippen molar-refractivity contribution in [3.63, 3.8) is 0 Å². The second kappa shape index (κ2) is 6.16. The van der Waals surface area contributed by atoms with Gasteiger partial charge >= 0.3 is 11.7 Å². The molecule has 0 atom stereocenters. The number of carbonyl (C=O) groups is 2. The van der Waals surface area contributed by atoms with Gasteiger partial charge in [-0.1, -0.05) is 12.1 Å². The fraction of sp³-hybridized carbons (Fsp3) is 0.167. The molecule has 0 saturated heterocycles. The number of fused-ring (bicyclic) bond motifs is 1. The zero-order valence-corrected chi connectivity index (χ0v) is 13.2. The van der Waals surface area contributed by atoms with Gasteiger partial charge in [0.05, 0.1) is 24.7 Å². The molecule has 0 amide bonds. The third-order valence-electron chi connectivity index (χ3n) is 3.79. The average molecular weight is 325 g/mol. The zero-order valence-electron chi connectivity index (χ0n) is 13.2. The van der Waals surface area contributed by atoms with E-state index < -0.39 is 11.7 Å². The number of nitrogens with zero attached hydrogens (tertiary/aromatic N) is 1. The standard InChI is InChI=1S/C18H15NO5/c1-11(20)14-7-8-15-16(9-14)24-18(22)19(15)10-12-3-5-13(6-4-12)17(21)23-2/h3-9H,10H2,1-2H3. The number of hydrogen-bond donors (Lipinski definition) is 0. The number of aromatic nitrogens is 1. The molecule has 2 aromatic carbocycles. The molecule has 24 heavy (non-hydrogen) atoms. The SMILES string of the molecule is COC(=O)c1ccc(Cn2c(=O)oc3cc(C(C)=O)ccc32)cc1. The Labute approximate surface area is 137 Å². The van der Waals surface area contributed by atoms with E-state index in [1.165, 1.54) is 18.6 Å². The smallest absolute Gasteiger partial charge is 0.420 e. The zero-order chi connectivity index (χ0) is 17.3. The van der Waals surface area contributed by atoms with Gasteiger partial charge in [-0.3, -0.25) is 9.36 Å². The molecule has 0 aliphatic heterocycles. The quantitative estimate of drug-likeness (QED) is 0.544. The molecule has 1 heterocycles. The number of ether oxygens (including phenoxy) is 1. The van der Waals surface area contributed by atoms with Crippen molar-refractivity contribution in [3.05, 3.63) is 69.7 Å². The van der Waals surface area contributed by atoms with Crippen molar-refractivity contribution in [3.8, 4) is 0 Å². The van der Waals surface area contributed by atoms with Crippen LogP contribution in [-0.2, 0) is 11.3 Å². The summed E-state index contributed by atoms with van der Waals surface area (Å²) in [5.41, 5.74) is 2.76. The summed E-state index contributed by atoms with van der Waals surface area (Å²) >= 11 is 0. The van der Waals surface area contributed by atoms with E-state index in [4.69, 9.17) is 4.42 Å². The van der Waals surface area contributed by atoms with E-state index >= 15 is 0 Å². The number of benzene rings is 2. The predicted molar refractivity (Wildman–Crippen MR) is 87.4 cm³/mol. The van der Waals surface area contributed by atoms with Crippen LogP contribution in [0.25, 0.3) is 11.1 Å². The summed E-state index contributed by atoms with van der Waals surface area (Å²) in [4.78, 5) is 34.9. The third kappa shape index (κ3) is 2.86. The molecule has 0 aliphatic rings. The van der Waals surface area contributed by atoms with Crippen LogP contribution < -0.4 is 5.76 Å². The third-order valence-corrected chi connectivity index (χ3v) is 3.79. The van der Waals surface area contributed by atoms with E-state index in [0.29, 0.717) is 28.8 Å². The number of esters is 1. The highest BCUT2D eigenvalue weighted by Gasteiger charge is 2.12. The van der Waals surface area contributed by atoms with Crippen LogP contribution in [0.5, 0.6) is 0 Å². The minimum Gasteiger partial charge on any atom is -0.465 e. The molecule has 3 aromatic rings. The first-order chi connectivity index (χ1) is 11.5. The lowest BCUT2D eigenvalue weighted by molar-refractivity contribution is 0.0600. The molecule has 0 spiro atoms. The molecule has 6 heteroatoms. The number of hydrogen-bond acceptors (Lipinski definition) is 5. The summed E-state index contributed by atoms with van der Waals surface area (Å²) in [7, 11) is 1.32. The average Bonchev–Trinajstić information content (AvgIpc) is 2.89. The Morgan fingerprint density at radius 1 is 1.08 bits per heavy atom. The van der Waals surface area contributed by atoms with Crippen molar-refractivity contribution in [2.45, 2.75) is 13.5 Å². The summed E-state index contributed by atoms with van der Waals surface area (Å²) in [6, 6.07) is 11.7.